The number of hydrogen-bond acceptors (Lipinski definition) is 4. The SMILES string of the molecule is c1ccc(Cc2nc(CCN3CCCCO3)n[nH]2)cc1. The van der Waals surface area contributed by atoms with E-state index in [1.54, 1.807) is 0 Å². The van der Waals surface area contributed by atoms with Crippen molar-refractivity contribution in [3.8, 4) is 0 Å². The molecule has 2 aromatic rings. The molecule has 0 saturated carbocycles. The molecule has 0 amide bonds. The van der Waals surface area contributed by atoms with Crippen LogP contribution in [0.5, 0.6) is 0 Å². The van der Waals surface area contributed by atoms with Crippen molar-refractivity contribution in [1.82, 2.24) is 20.2 Å². The Hall–Kier alpha value is -1.72. The van der Waals surface area contributed by atoms with E-state index in [9.17, 15) is 0 Å². The van der Waals surface area contributed by atoms with Gasteiger partial charge in [-0.1, -0.05) is 30.3 Å². The van der Waals surface area contributed by atoms with Crippen LogP contribution < -0.4 is 0 Å². The zero-order valence-electron chi connectivity index (χ0n) is 11.6. The average molecular weight is 272 g/mol. The molecule has 3 rings (SSSR count). The van der Waals surface area contributed by atoms with E-state index in [0.717, 1.165) is 44.2 Å². The van der Waals surface area contributed by atoms with Crippen LogP contribution in [-0.4, -0.2) is 39.9 Å². The summed E-state index contributed by atoms with van der Waals surface area (Å²) in [4.78, 5) is 10.1. The van der Waals surface area contributed by atoms with Crippen molar-refractivity contribution >= 4 is 0 Å². The second-order valence-electron chi connectivity index (χ2n) is 5.08. The molecule has 1 aromatic carbocycles. The molecule has 0 unspecified atom stereocenters. The van der Waals surface area contributed by atoms with E-state index in [4.69, 9.17) is 4.84 Å². The summed E-state index contributed by atoms with van der Waals surface area (Å²) in [6.07, 6.45) is 4.00. The summed E-state index contributed by atoms with van der Waals surface area (Å²) in [7, 11) is 0. The number of benzene rings is 1. The lowest BCUT2D eigenvalue weighted by molar-refractivity contribution is -0.179. The second kappa shape index (κ2) is 6.63. The van der Waals surface area contributed by atoms with Crippen LogP contribution in [0.25, 0.3) is 0 Å². The van der Waals surface area contributed by atoms with Crippen LogP contribution >= 0.6 is 0 Å². The summed E-state index contributed by atoms with van der Waals surface area (Å²) in [5.41, 5.74) is 1.24. The maximum atomic E-state index is 5.57. The summed E-state index contributed by atoms with van der Waals surface area (Å²) < 4.78 is 0. The van der Waals surface area contributed by atoms with Crippen LogP contribution in [0.4, 0.5) is 0 Å². The molecule has 1 aliphatic heterocycles. The molecule has 0 atom stereocenters. The van der Waals surface area contributed by atoms with Gasteiger partial charge in [0.2, 0.25) is 0 Å². The van der Waals surface area contributed by atoms with Gasteiger partial charge in [-0.15, -0.1) is 0 Å². The van der Waals surface area contributed by atoms with Crippen molar-refractivity contribution in [2.75, 3.05) is 19.7 Å². The van der Waals surface area contributed by atoms with Gasteiger partial charge < -0.3 is 0 Å². The van der Waals surface area contributed by atoms with Crippen LogP contribution in [0.15, 0.2) is 30.3 Å². The summed E-state index contributed by atoms with van der Waals surface area (Å²) in [6, 6.07) is 10.3. The maximum Gasteiger partial charge on any atom is 0.152 e. The van der Waals surface area contributed by atoms with E-state index in [1.165, 1.54) is 18.4 Å². The third-order valence-corrected chi connectivity index (χ3v) is 3.45. The molecule has 1 N–H and O–H groups in total. The fourth-order valence-corrected chi connectivity index (χ4v) is 2.36. The number of hydrogen-bond donors (Lipinski definition) is 1. The van der Waals surface area contributed by atoms with Crippen LogP contribution in [-0.2, 0) is 17.7 Å². The Morgan fingerprint density at radius 2 is 2.10 bits per heavy atom. The molecule has 0 bridgehead atoms. The lowest BCUT2D eigenvalue weighted by Gasteiger charge is -2.25. The first-order valence-corrected chi connectivity index (χ1v) is 7.22. The van der Waals surface area contributed by atoms with Crippen molar-refractivity contribution in [3.63, 3.8) is 0 Å². The predicted molar refractivity (Wildman–Crippen MR) is 76.1 cm³/mol. The molecule has 1 fully saturated rings. The van der Waals surface area contributed by atoms with Crippen LogP contribution in [0.1, 0.15) is 30.1 Å². The molecular formula is C15H20N4O. The van der Waals surface area contributed by atoms with Gasteiger partial charge in [0.05, 0.1) is 6.61 Å². The van der Waals surface area contributed by atoms with E-state index in [1.807, 2.05) is 23.3 Å². The molecule has 0 spiro atoms. The molecule has 2 heterocycles. The summed E-state index contributed by atoms with van der Waals surface area (Å²) >= 11 is 0. The molecular weight excluding hydrogens is 252 g/mol. The molecule has 5 nitrogen and oxygen atoms in total. The van der Waals surface area contributed by atoms with Gasteiger partial charge in [-0.05, 0) is 18.4 Å². The lowest BCUT2D eigenvalue weighted by atomic mass is 10.1. The number of hydroxylamine groups is 2. The summed E-state index contributed by atoms with van der Waals surface area (Å²) in [5, 5.41) is 9.32. The van der Waals surface area contributed by atoms with Gasteiger partial charge in [-0.25, -0.2) is 4.98 Å². The Kier molecular flexibility index (Phi) is 4.40. The van der Waals surface area contributed by atoms with Gasteiger partial charge in [0.1, 0.15) is 5.82 Å². The number of nitrogens with one attached hydrogen (secondary N) is 1. The summed E-state index contributed by atoms with van der Waals surface area (Å²) in [6.45, 7) is 2.72. The highest BCUT2D eigenvalue weighted by Gasteiger charge is 2.12. The normalized spacial score (nSPS) is 16.4. The highest BCUT2D eigenvalue weighted by molar-refractivity contribution is 5.18. The van der Waals surface area contributed by atoms with Gasteiger partial charge in [0.25, 0.3) is 0 Å². The second-order valence-corrected chi connectivity index (χ2v) is 5.08. The first kappa shape index (κ1) is 13.3. The largest absolute Gasteiger partial charge is 0.299 e. The topological polar surface area (TPSA) is 54.0 Å². The number of rotatable bonds is 5. The first-order chi connectivity index (χ1) is 9.90. The van der Waals surface area contributed by atoms with Crippen molar-refractivity contribution in [1.29, 1.82) is 0 Å². The third kappa shape index (κ3) is 3.65. The monoisotopic (exact) mass is 272 g/mol. The average Bonchev–Trinajstić information content (AvgIpc) is 2.95. The smallest absolute Gasteiger partial charge is 0.152 e. The Morgan fingerprint density at radius 3 is 2.90 bits per heavy atom. The Morgan fingerprint density at radius 1 is 1.20 bits per heavy atom. The molecule has 0 radical (unpaired) electrons. The van der Waals surface area contributed by atoms with Crippen LogP contribution in [0.2, 0.25) is 0 Å². The lowest BCUT2D eigenvalue weighted by Crippen LogP contribution is -2.32. The van der Waals surface area contributed by atoms with Gasteiger partial charge in [0.15, 0.2) is 5.82 Å². The van der Waals surface area contributed by atoms with Gasteiger partial charge in [0, 0.05) is 25.9 Å². The quantitative estimate of drug-likeness (QED) is 0.904. The molecule has 0 aliphatic carbocycles. The fourth-order valence-electron chi connectivity index (χ4n) is 2.36. The van der Waals surface area contributed by atoms with Crippen molar-refractivity contribution in [2.45, 2.75) is 25.7 Å². The molecule has 106 valence electrons. The molecule has 1 aliphatic rings. The Labute approximate surface area is 118 Å². The zero-order valence-corrected chi connectivity index (χ0v) is 11.6. The summed E-state index contributed by atoms with van der Waals surface area (Å²) in [5.74, 6) is 1.79. The molecule has 1 aromatic heterocycles. The number of H-pyrrole nitrogens is 1. The van der Waals surface area contributed by atoms with Crippen molar-refractivity contribution in [3.05, 3.63) is 47.5 Å². The van der Waals surface area contributed by atoms with E-state index in [0.29, 0.717) is 0 Å². The number of nitrogens with zero attached hydrogens (tertiary/aromatic N) is 3. The van der Waals surface area contributed by atoms with Crippen molar-refractivity contribution in [2.24, 2.45) is 0 Å². The minimum atomic E-state index is 0.800. The van der Waals surface area contributed by atoms with Crippen LogP contribution in [0.3, 0.4) is 0 Å². The van der Waals surface area contributed by atoms with Crippen molar-refractivity contribution < 1.29 is 4.84 Å². The van der Waals surface area contributed by atoms with E-state index >= 15 is 0 Å². The zero-order chi connectivity index (χ0) is 13.6. The number of aromatic nitrogens is 3. The van der Waals surface area contributed by atoms with Gasteiger partial charge >= 0.3 is 0 Å². The predicted octanol–water partition coefficient (Wildman–Crippen LogP) is 1.97. The van der Waals surface area contributed by atoms with Gasteiger partial charge in [-0.2, -0.15) is 10.2 Å². The Balaban J connectivity index is 1.51. The highest BCUT2D eigenvalue weighted by Crippen LogP contribution is 2.08. The Bertz CT molecular complexity index is 520. The van der Waals surface area contributed by atoms with E-state index in [2.05, 4.69) is 27.3 Å². The first-order valence-electron chi connectivity index (χ1n) is 7.22. The molecule has 5 heteroatoms. The highest BCUT2D eigenvalue weighted by atomic mass is 16.7. The molecule has 1 saturated heterocycles. The minimum absolute atomic E-state index is 0.800. The van der Waals surface area contributed by atoms with E-state index in [-0.39, 0.29) is 0 Å². The number of aromatic amines is 1. The van der Waals surface area contributed by atoms with Crippen LogP contribution in [0, 0.1) is 0 Å². The third-order valence-electron chi connectivity index (χ3n) is 3.45. The van der Waals surface area contributed by atoms with Gasteiger partial charge in [-0.3, -0.25) is 9.94 Å². The standard InChI is InChI=1S/C15H20N4O/c1-2-6-13(7-3-1)12-15-16-14(17-18-15)8-10-19-9-4-5-11-20-19/h1-3,6-7H,4-5,8-12H2,(H,16,17,18). The fraction of sp³-hybridized carbons (Fsp3) is 0.467. The maximum absolute atomic E-state index is 5.57. The molecule has 20 heavy (non-hydrogen) atoms. The van der Waals surface area contributed by atoms with E-state index < -0.39 is 0 Å². The minimum Gasteiger partial charge on any atom is -0.299 e.